The van der Waals surface area contributed by atoms with Crippen LogP contribution in [-0.4, -0.2) is 42.9 Å². The van der Waals surface area contributed by atoms with Gasteiger partial charge in [0.1, 0.15) is 0 Å². The zero-order valence-electron chi connectivity index (χ0n) is 19.8. The number of carbonyl (C=O) groups excluding carboxylic acids is 2. The molecule has 1 fully saturated rings. The number of carbonyl (C=O) groups is 2. The summed E-state index contributed by atoms with van der Waals surface area (Å²) in [7, 11) is 0. The Morgan fingerprint density at radius 2 is 1.47 bits per heavy atom. The van der Waals surface area contributed by atoms with Crippen molar-refractivity contribution in [2.24, 2.45) is 0 Å². The van der Waals surface area contributed by atoms with Gasteiger partial charge in [-0.15, -0.1) is 0 Å². The van der Waals surface area contributed by atoms with Crippen LogP contribution >= 0.6 is 0 Å². The fourth-order valence-electron chi connectivity index (χ4n) is 4.03. The Kier molecular flexibility index (Phi) is 7.43. The molecule has 0 unspecified atom stereocenters. The third kappa shape index (κ3) is 5.93. The van der Waals surface area contributed by atoms with E-state index in [1.807, 2.05) is 77.7 Å². The Bertz CT molecular complexity index is 1130. The maximum absolute atomic E-state index is 12.6. The van der Waals surface area contributed by atoms with Crippen LogP contribution in [0.2, 0.25) is 0 Å². The minimum absolute atomic E-state index is 0.0854. The molecule has 0 atom stereocenters. The SMILES string of the molecule is CC(C)c1ccc(/C=C/C(=O)Nc2ccc(N3CCN(C(=O)c4ccccc4)CC3)cc2)cc1. The molecule has 1 N–H and O–H groups in total. The molecule has 0 aromatic heterocycles. The predicted molar refractivity (Wildman–Crippen MR) is 139 cm³/mol. The van der Waals surface area contributed by atoms with Gasteiger partial charge in [0, 0.05) is 49.2 Å². The van der Waals surface area contributed by atoms with Crippen molar-refractivity contribution in [3.05, 3.63) is 102 Å². The lowest BCUT2D eigenvalue weighted by Gasteiger charge is -2.36. The van der Waals surface area contributed by atoms with E-state index in [0.717, 1.165) is 35.6 Å². The van der Waals surface area contributed by atoms with Gasteiger partial charge in [-0.05, 0) is 59.5 Å². The first kappa shape index (κ1) is 23.3. The second-order valence-corrected chi connectivity index (χ2v) is 8.84. The van der Waals surface area contributed by atoms with E-state index in [4.69, 9.17) is 0 Å². The number of rotatable bonds is 6. The van der Waals surface area contributed by atoms with Crippen LogP contribution in [-0.2, 0) is 4.79 Å². The first-order valence-electron chi connectivity index (χ1n) is 11.8. The molecule has 5 heteroatoms. The standard InChI is InChI=1S/C29H31N3O2/c1-22(2)24-11-8-23(9-12-24)10-17-28(33)30-26-13-15-27(16-14-26)31-18-20-32(21-19-31)29(34)25-6-4-3-5-7-25/h3-17,22H,18-21H2,1-2H3,(H,30,33)/b17-10+. The molecule has 0 aliphatic carbocycles. The number of hydrogen-bond donors (Lipinski definition) is 1. The normalized spacial score (nSPS) is 14.0. The molecule has 4 rings (SSSR count). The van der Waals surface area contributed by atoms with E-state index in [2.05, 4.69) is 36.2 Å². The summed E-state index contributed by atoms with van der Waals surface area (Å²) in [5.74, 6) is 0.418. The van der Waals surface area contributed by atoms with Crippen LogP contribution in [0.15, 0.2) is 84.9 Å². The zero-order chi connectivity index (χ0) is 23.9. The summed E-state index contributed by atoms with van der Waals surface area (Å²) in [6.45, 7) is 7.27. The smallest absolute Gasteiger partial charge is 0.253 e. The zero-order valence-corrected chi connectivity index (χ0v) is 19.8. The summed E-state index contributed by atoms with van der Waals surface area (Å²) in [5, 5.41) is 2.91. The minimum atomic E-state index is -0.159. The molecule has 1 saturated heterocycles. The maximum Gasteiger partial charge on any atom is 0.253 e. The number of amides is 2. The molecule has 0 spiro atoms. The number of hydrogen-bond acceptors (Lipinski definition) is 3. The number of piperazine rings is 1. The summed E-state index contributed by atoms with van der Waals surface area (Å²) in [5.41, 5.74) is 4.86. The van der Waals surface area contributed by atoms with Gasteiger partial charge in [-0.3, -0.25) is 9.59 Å². The highest BCUT2D eigenvalue weighted by Gasteiger charge is 2.22. The van der Waals surface area contributed by atoms with Crippen molar-refractivity contribution in [3.8, 4) is 0 Å². The maximum atomic E-state index is 12.6. The fraction of sp³-hybridized carbons (Fsp3) is 0.241. The van der Waals surface area contributed by atoms with Crippen LogP contribution < -0.4 is 10.2 Å². The second kappa shape index (κ2) is 10.8. The summed E-state index contributed by atoms with van der Waals surface area (Å²) < 4.78 is 0. The first-order valence-corrected chi connectivity index (χ1v) is 11.8. The summed E-state index contributed by atoms with van der Waals surface area (Å²) >= 11 is 0. The highest BCUT2D eigenvalue weighted by molar-refractivity contribution is 6.02. The van der Waals surface area contributed by atoms with E-state index in [9.17, 15) is 9.59 Å². The lowest BCUT2D eigenvalue weighted by molar-refractivity contribution is -0.111. The van der Waals surface area contributed by atoms with Gasteiger partial charge in [-0.1, -0.05) is 56.3 Å². The number of nitrogens with zero attached hydrogens (tertiary/aromatic N) is 2. The Balaban J connectivity index is 1.28. The fourth-order valence-corrected chi connectivity index (χ4v) is 4.03. The van der Waals surface area contributed by atoms with E-state index >= 15 is 0 Å². The van der Waals surface area contributed by atoms with Crippen LogP contribution in [0.3, 0.4) is 0 Å². The van der Waals surface area contributed by atoms with Crippen molar-refractivity contribution in [1.82, 2.24) is 4.90 Å². The van der Waals surface area contributed by atoms with Gasteiger partial charge in [0.2, 0.25) is 5.91 Å². The summed E-state index contributed by atoms with van der Waals surface area (Å²) in [4.78, 5) is 29.1. The molecule has 1 aliphatic heterocycles. The predicted octanol–water partition coefficient (Wildman–Crippen LogP) is 5.42. The molecular weight excluding hydrogens is 422 g/mol. The van der Waals surface area contributed by atoms with Crippen LogP contribution in [0, 0.1) is 0 Å². The van der Waals surface area contributed by atoms with Gasteiger partial charge < -0.3 is 15.1 Å². The Hall–Kier alpha value is -3.86. The first-order chi connectivity index (χ1) is 16.5. The van der Waals surface area contributed by atoms with Crippen molar-refractivity contribution in [2.75, 3.05) is 36.4 Å². The number of benzene rings is 3. The highest BCUT2D eigenvalue weighted by Crippen LogP contribution is 2.21. The third-order valence-electron chi connectivity index (χ3n) is 6.12. The molecule has 174 valence electrons. The Morgan fingerprint density at radius 1 is 0.824 bits per heavy atom. The molecule has 0 radical (unpaired) electrons. The molecule has 2 amide bonds. The van der Waals surface area contributed by atoms with Gasteiger partial charge in [0.25, 0.3) is 5.91 Å². The molecule has 3 aromatic rings. The van der Waals surface area contributed by atoms with Gasteiger partial charge in [0.05, 0.1) is 0 Å². The van der Waals surface area contributed by atoms with Crippen molar-refractivity contribution < 1.29 is 9.59 Å². The van der Waals surface area contributed by atoms with Crippen LogP contribution in [0.1, 0.15) is 41.3 Å². The van der Waals surface area contributed by atoms with E-state index in [-0.39, 0.29) is 11.8 Å². The highest BCUT2D eigenvalue weighted by atomic mass is 16.2. The number of nitrogens with one attached hydrogen (secondary N) is 1. The van der Waals surface area contributed by atoms with Crippen LogP contribution in [0.25, 0.3) is 6.08 Å². The van der Waals surface area contributed by atoms with E-state index in [1.165, 1.54) is 5.56 Å². The van der Waals surface area contributed by atoms with E-state index in [1.54, 1.807) is 6.08 Å². The topological polar surface area (TPSA) is 52.7 Å². The van der Waals surface area contributed by atoms with Crippen molar-refractivity contribution in [3.63, 3.8) is 0 Å². The molecule has 0 saturated carbocycles. The molecule has 34 heavy (non-hydrogen) atoms. The van der Waals surface area contributed by atoms with Crippen LogP contribution in [0.4, 0.5) is 11.4 Å². The van der Waals surface area contributed by atoms with E-state index < -0.39 is 0 Å². The van der Waals surface area contributed by atoms with Gasteiger partial charge in [-0.2, -0.15) is 0 Å². The molecule has 3 aromatic carbocycles. The Labute approximate surface area is 201 Å². The monoisotopic (exact) mass is 453 g/mol. The van der Waals surface area contributed by atoms with E-state index in [0.29, 0.717) is 19.0 Å². The molecule has 5 nitrogen and oxygen atoms in total. The van der Waals surface area contributed by atoms with Crippen molar-refractivity contribution >= 4 is 29.3 Å². The lowest BCUT2D eigenvalue weighted by Crippen LogP contribution is -2.48. The third-order valence-corrected chi connectivity index (χ3v) is 6.12. The Morgan fingerprint density at radius 3 is 2.09 bits per heavy atom. The molecular formula is C29H31N3O2. The van der Waals surface area contributed by atoms with Gasteiger partial charge in [-0.25, -0.2) is 0 Å². The largest absolute Gasteiger partial charge is 0.368 e. The average Bonchev–Trinajstić information content (AvgIpc) is 2.88. The molecule has 0 bridgehead atoms. The quantitative estimate of drug-likeness (QED) is 0.507. The summed E-state index contributed by atoms with van der Waals surface area (Å²) in [6, 6.07) is 25.5. The van der Waals surface area contributed by atoms with Gasteiger partial charge >= 0.3 is 0 Å². The van der Waals surface area contributed by atoms with Gasteiger partial charge in [0.15, 0.2) is 0 Å². The minimum Gasteiger partial charge on any atom is -0.368 e. The van der Waals surface area contributed by atoms with Crippen molar-refractivity contribution in [1.29, 1.82) is 0 Å². The lowest BCUT2D eigenvalue weighted by atomic mass is 10.0. The summed E-state index contributed by atoms with van der Waals surface area (Å²) in [6.07, 6.45) is 3.38. The van der Waals surface area contributed by atoms with Crippen LogP contribution in [0.5, 0.6) is 0 Å². The number of anilines is 2. The molecule has 1 heterocycles. The average molecular weight is 454 g/mol. The van der Waals surface area contributed by atoms with Crippen molar-refractivity contribution in [2.45, 2.75) is 19.8 Å². The second-order valence-electron chi connectivity index (χ2n) is 8.84. The molecule has 1 aliphatic rings.